The van der Waals surface area contributed by atoms with Crippen LogP contribution in [0.1, 0.15) is 57.4 Å². The molecule has 1 N–H and O–H groups in total. The Bertz CT molecular complexity index is 319. The van der Waals surface area contributed by atoms with Gasteiger partial charge in [-0.15, -0.1) is 0 Å². The molecule has 0 fully saturated rings. The van der Waals surface area contributed by atoms with Crippen molar-refractivity contribution in [2.24, 2.45) is 5.16 Å². The van der Waals surface area contributed by atoms with E-state index in [0.717, 1.165) is 24.1 Å². The molecule has 1 aromatic carbocycles. The molecule has 0 spiro atoms. The van der Waals surface area contributed by atoms with E-state index in [4.69, 9.17) is 5.21 Å². The second-order valence-electron chi connectivity index (χ2n) is 4.43. The van der Waals surface area contributed by atoms with Crippen LogP contribution in [-0.4, -0.2) is 10.9 Å². The molecule has 0 bridgehead atoms. The third-order valence-electron chi connectivity index (χ3n) is 2.99. The van der Waals surface area contributed by atoms with Crippen molar-refractivity contribution < 1.29 is 5.21 Å². The monoisotopic (exact) mass is 233 g/mol. The van der Waals surface area contributed by atoms with E-state index in [0.29, 0.717) is 0 Å². The van der Waals surface area contributed by atoms with Gasteiger partial charge >= 0.3 is 0 Å². The molecule has 17 heavy (non-hydrogen) atoms. The maximum absolute atomic E-state index is 9.01. The van der Waals surface area contributed by atoms with Crippen LogP contribution < -0.4 is 0 Å². The van der Waals surface area contributed by atoms with Crippen molar-refractivity contribution in [1.82, 2.24) is 0 Å². The molecule has 1 aromatic rings. The van der Waals surface area contributed by atoms with Crippen molar-refractivity contribution in [3.8, 4) is 0 Å². The molecule has 0 atom stereocenters. The summed E-state index contributed by atoms with van der Waals surface area (Å²) in [5.41, 5.74) is 1.84. The number of nitrogens with zero attached hydrogens (tertiary/aromatic N) is 1. The standard InChI is InChI=1S/C15H23NO/c1-2-3-4-5-6-10-13-15(16-17)14-11-8-7-9-12-14/h7-9,11-12,17H,2-6,10,13H2,1H3/b16-15-. The number of rotatable bonds is 8. The number of oxime groups is 1. The molecule has 0 radical (unpaired) electrons. The molecule has 94 valence electrons. The molecule has 0 heterocycles. The average Bonchev–Trinajstić information content (AvgIpc) is 2.39. The van der Waals surface area contributed by atoms with Crippen LogP contribution in [0.4, 0.5) is 0 Å². The Hall–Kier alpha value is -1.31. The lowest BCUT2D eigenvalue weighted by atomic mass is 10.0. The highest BCUT2D eigenvalue weighted by molar-refractivity contribution is 6.00. The fraction of sp³-hybridized carbons (Fsp3) is 0.533. The van der Waals surface area contributed by atoms with Crippen molar-refractivity contribution in [1.29, 1.82) is 0 Å². The zero-order chi connectivity index (χ0) is 12.3. The molecule has 2 heteroatoms. The van der Waals surface area contributed by atoms with Crippen LogP contribution in [0.25, 0.3) is 0 Å². The minimum Gasteiger partial charge on any atom is -0.411 e. The van der Waals surface area contributed by atoms with Crippen molar-refractivity contribution in [2.45, 2.75) is 51.9 Å². The normalized spacial score (nSPS) is 11.7. The van der Waals surface area contributed by atoms with Crippen LogP contribution in [0.5, 0.6) is 0 Å². The van der Waals surface area contributed by atoms with E-state index in [-0.39, 0.29) is 0 Å². The summed E-state index contributed by atoms with van der Waals surface area (Å²) in [5, 5.41) is 12.4. The summed E-state index contributed by atoms with van der Waals surface area (Å²) in [6.07, 6.45) is 8.44. The highest BCUT2D eigenvalue weighted by atomic mass is 16.4. The average molecular weight is 233 g/mol. The molecule has 0 aliphatic rings. The molecule has 2 nitrogen and oxygen atoms in total. The summed E-state index contributed by atoms with van der Waals surface area (Å²) in [6.45, 7) is 2.23. The minimum absolute atomic E-state index is 0.807. The summed E-state index contributed by atoms with van der Waals surface area (Å²) in [6, 6.07) is 9.91. The summed E-state index contributed by atoms with van der Waals surface area (Å²) in [7, 11) is 0. The Kier molecular flexibility index (Phi) is 7.12. The predicted octanol–water partition coefficient (Wildman–Crippen LogP) is 4.62. The van der Waals surface area contributed by atoms with Crippen molar-refractivity contribution in [2.75, 3.05) is 0 Å². The highest BCUT2D eigenvalue weighted by Gasteiger charge is 2.03. The molecular formula is C15H23NO. The van der Waals surface area contributed by atoms with E-state index in [9.17, 15) is 0 Å². The van der Waals surface area contributed by atoms with Gasteiger partial charge in [-0.1, -0.05) is 74.5 Å². The predicted molar refractivity (Wildman–Crippen MR) is 72.8 cm³/mol. The molecule has 0 aromatic heterocycles. The maximum Gasteiger partial charge on any atom is 0.0867 e. The van der Waals surface area contributed by atoms with Gasteiger partial charge in [0, 0.05) is 0 Å². The van der Waals surface area contributed by atoms with Gasteiger partial charge in [0.25, 0.3) is 0 Å². The molecule has 0 saturated heterocycles. The molecule has 0 unspecified atom stereocenters. The van der Waals surface area contributed by atoms with Gasteiger partial charge in [-0.05, 0) is 18.4 Å². The van der Waals surface area contributed by atoms with Crippen LogP contribution in [0.3, 0.4) is 0 Å². The van der Waals surface area contributed by atoms with Gasteiger partial charge in [-0.3, -0.25) is 0 Å². The van der Waals surface area contributed by atoms with E-state index in [1.807, 2.05) is 30.3 Å². The third-order valence-corrected chi connectivity index (χ3v) is 2.99. The Morgan fingerprint density at radius 2 is 1.65 bits per heavy atom. The van der Waals surface area contributed by atoms with E-state index in [2.05, 4.69) is 12.1 Å². The highest BCUT2D eigenvalue weighted by Crippen LogP contribution is 2.11. The van der Waals surface area contributed by atoms with Crippen LogP contribution in [0.2, 0.25) is 0 Å². The van der Waals surface area contributed by atoms with Gasteiger partial charge in [0.15, 0.2) is 0 Å². The number of benzene rings is 1. The van der Waals surface area contributed by atoms with Gasteiger partial charge in [0.05, 0.1) is 5.71 Å². The van der Waals surface area contributed by atoms with E-state index < -0.39 is 0 Å². The largest absolute Gasteiger partial charge is 0.411 e. The van der Waals surface area contributed by atoms with Crippen LogP contribution in [0, 0.1) is 0 Å². The molecule has 0 amide bonds. The SMILES string of the molecule is CCCCCCCC/C(=N/O)c1ccccc1. The summed E-state index contributed by atoms with van der Waals surface area (Å²) < 4.78 is 0. The summed E-state index contributed by atoms with van der Waals surface area (Å²) in [4.78, 5) is 0. The lowest BCUT2D eigenvalue weighted by molar-refractivity contribution is 0.317. The van der Waals surface area contributed by atoms with Crippen LogP contribution >= 0.6 is 0 Å². The Morgan fingerprint density at radius 3 is 2.29 bits per heavy atom. The smallest absolute Gasteiger partial charge is 0.0867 e. The first-order valence-corrected chi connectivity index (χ1v) is 6.64. The zero-order valence-corrected chi connectivity index (χ0v) is 10.7. The lowest BCUT2D eigenvalue weighted by Gasteiger charge is -2.04. The van der Waals surface area contributed by atoms with Crippen molar-refractivity contribution >= 4 is 5.71 Å². The van der Waals surface area contributed by atoms with Crippen molar-refractivity contribution in [3.63, 3.8) is 0 Å². The quantitative estimate of drug-likeness (QED) is 0.302. The molecule has 0 aliphatic heterocycles. The molecular weight excluding hydrogens is 210 g/mol. The van der Waals surface area contributed by atoms with Gasteiger partial charge in [0.2, 0.25) is 0 Å². The number of hydrogen-bond acceptors (Lipinski definition) is 2. The number of hydrogen-bond donors (Lipinski definition) is 1. The number of unbranched alkanes of at least 4 members (excludes halogenated alkanes) is 5. The fourth-order valence-corrected chi connectivity index (χ4v) is 1.96. The molecule has 1 rings (SSSR count). The first-order valence-electron chi connectivity index (χ1n) is 6.64. The van der Waals surface area contributed by atoms with Gasteiger partial charge < -0.3 is 5.21 Å². The molecule has 0 saturated carbocycles. The van der Waals surface area contributed by atoms with E-state index >= 15 is 0 Å². The lowest BCUT2D eigenvalue weighted by Crippen LogP contribution is -2.00. The third kappa shape index (κ3) is 5.53. The van der Waals surface area contributed by atoms with Gasteiger partial charge in [0.1, 0.15) is 0 Å². The summed E-state index contributed by atoms with van der Waals surface area (Å²) in [5.74, 6) is 0. The van der Waals surface area contributed by atoms with Crippen molar-refractivity contribution in [3.05, 3.63) is 35.9 Å². The van der Waals surface area contributed by atoms with Gasteiger partial charge in [-0.2, -0.15) is 0 Å². The second-order valence-corrected chi connectivity index (χ2v) is 4.43. The fourth-order valence-electron chi connectivity index (χ4n) is 1.96. The van der Waals surface area contributed by atoms with E-state index in [1.165, 1.54) is 32.1 Å². The zero-order valence-electron chi connectivity index (χ0n) is 10.7. The van der Waals surface area contributed by atoms with Crippen LogP contribution in [-0.2, 0) is 0 Å². The Balaban J connectivity index is 2.25. The second kappa shape index (κ2) is 8.80. The first kappa shape index (κ1) is 13.8. The van der Waals surface area contributed by atoms with E-state index in [1.54, 1.807) is 0 Å². The minimum atomic E-state index is 0.807. The van der Waals surface area contributed by atoms with Gasteiger partial charge in [-0.25, -0.2) is 0 Å². The first-order chi connectivity index (χ1) is 8.38. The van der Waals surface area contributed by atoms with Crippen LogP contribution in [0.15, 0.2) is 35.5 Å². The molecule has 0 aliphatic carbocycles. The maximum atomic E-state index is 9.01. The Labute approximate surface area is 104 Å². The Morgan fingerprint density at radius 1 is 1.00 bits per heavy atom. The topological polar surface area (TPSA) is 32.6 Å². The summed E-state index contributed by atoms with van der Waals surface area (Å²) >= 11 is 0.